The molecule has 1 heterocycles. The molecule has 2 N–H and O–H groups in total. The van der Waals surface area contributed by atoms with Gasteiger partial charge in [-0.25, -0.2) is 0 Å². The molecule has 1 unspecified atom stereocenters. The monoisotopic (exact) mass is 259 g/mol. The lowest BCUT2D eigenvalue weighted by Gasteiger charge is -2.14. The van der Waals surface area contributed by atoms with Gasteiger partial charge in [-0.2, -0.15) is 4.98 Å². The van der Waals surface area contributed by atoms with Gasteiger partial charge in [-0.3, -0.25) is 0 Å². The molecule has 0 bridgehead atoms. The number of rotatable bonds is 2. The first-order chi connectivity index (χ1) is 8.80. The molecule has 0 fully saturated rings. The molecule has 0 amide bonds. The van der Waals surface area contributed by atoms with Gasteiger partial charge in [0.15, 0.2) is 5.82 Å². The third-order valence-electron chi connectivity index (χ3n) is 3.21. The Morgan fingerprint density at radius 2 is 1.74 bits per heavy atom. The van der Waals surface area contributed by atoms with Crippen molar-refractivity contribution in [2.45, 2.75) is 46.1 Å². The molecule has 2 rings (SSSR count). The summed E-state index contributed by atoms with van der Waals surface area (Å²) in [5.74, 6) is 1.16. The van der Waals surface area contributed by atoms with Gasteiger partial charge in [-0.15, -0.1) is 0 Å². The molecule has 2 aromatic rings. The van der Waals surface area contributed by atoms with Gasteiger partial charge in [0, 0.05) is 5.41 Å². The minimum Gasteiger partial charge on any atom is -0.339 e. The Hall–Kier alpha value is -1.68. The smallest absolute Gasteiger partial charge is 0.232 e. The Labute approximate surface area is 114 Å². The Morgan fingerprint density at radius 3 is 2.21 bits per heavy atom. The molecule has 4 heteroatoms. The first-order valence-electron chi connectivity index (χ1n) is 6.46. The van der Waals surface area contributed by atoms with Crippen molar-refractivity contribution in [3.8, 4) is 0 Å². The molecule has 1 atom stereocenters. The molecule has 0 aliphatic rings. The maximum absolute atomic E-state index is 6.29. The number of benzene rings is 1. The van der Waals surface area contributed by atoms with Crippen LogP contribution < -0.4 is 5.73 Å². The Balaban J connectivity index is 2.40. The van der Waals surface area contributed by atoms with Crippen molar-refractivity contribution in [2.24, 2.45) is 5.73 Å². The molecule has 4 nitrogen and oxygen atoms in total. The molecule has 0 saturated heterocycles. The van der Waals surface area contributed by atoms with Crippen LogP contribution in [-0.4, -0.2) is 10.1 Å². The summed E-state index contributed by atoms with van der Waals surface area (Å²) in [5.41, 5.74) is 9.50. The molecule has 0 spiro atoms. The van der Waals surface area contributed by atoms with Crippen LogP contribution in [0.15, 0.2) is 22.7 Å². The first kappa shape index (κ1) is 13.7. The molecule has 1 aromatic heterocycles. The van der Waals surface area contributed by atoms with E-state index in [2.05, 4.69) is 10.1 Å². The van der Waals surface area contributed by atoms with Crippen molar-refractivity contribution >= 4 is 0 Å². The second kappa shape index (κ2) is 4.78. The quantitative estimate of drug-likeness (QED) is 0.900. The second-order valence-electron chi connectivity index (χ2n) is 5.99. The zero-order chi connectivity index (χ0) is 14.2. The number of aromatic nitrogens is 2. The highest BCUT2D eigenvalue weighted by Crippen LogP contribution is 2.26. The van der Waals surface area contributed by atoms with E-state index < -0.39 is 0 Å². The van der Waals surface area contributed by atoms with E-state index in [-0.39, 0.29) is 11.5 Å². The minimum absolute atomic E-state index is 0.161. The summed E-state index contributed by atoms with van der Waals surface area (Å²) in [5, 5.41) is 4.03. The van der Waals surface area contributed by atoms with Crippen LogP contribution in [0, 0.1) is 13.8 Å². The van der Waals surface area contributed by atoms with Gasteiger partial charge in [0.2, 0.25) is 5.89 Å². The molecule has 0 aliphatic carbocycles. The van der Waals surface area contributed by atoms with Gasteiger partial charge in [0.25, 0.3) is 0 Å². The van der Waals surface area contributed by atoms with Gasteiger partial charge in [-0.1, -0.05) is 44.1 Å². The lowest BCUT2D eigenvalue weighted by molar-refractivity contribution is 0.317. The van der Waals surface area contributed by atoms with Crippen molar-refractivity contribution in [1.82, 2.24) is 10.1 Å². The van der Waals surface area contributed by atoms with Gasteiger partial charge in [0.1, 0.15) is 0 Å². The van der Waals surface area contributed by atoms with Crippen molar-refractivity contribution < 1.29 is 4.52 Å². The maximum Gasteiger partial charge on any atom is 0.232 e. The standard InChI is InChI=1S/C15H21N3O/c1-9-7-6-8-10(2)11(9)12(16)13-17-14(19-18-13)15(3,4)5/h6-8,12H,16H2,1-5H3. The average molecular weight is 259 g/mol. The van der Waals surface area contributed by atoms with Crippen LogP contribution in [-0.2, 0) is 5.41 Å². The minimum atomic E-state index is -0.346. The fraction of sp³-hybridized carbons (Fsp3) is 0.467. The van der Waals surface area contributed by atoms with E-state index in [4.69, 9.17) is 10.3 Å². The summed E-state index contributed by atoms with van der Waals surface area (Å²) >= 11 is 0. The number of nitrogens with two attached hydrogens (primary N) is 1. The van der Waals surface area contributed by atoms with E-state index in [0.717, 1.165) is 16.7 Å². The summed E-state index contributed by atoms with van der Waals surface area (Å²) in [6.07, 6.45) is 0. The third-order valence-corrected chi connectivity index (χ3v) is 3.21. The summed E-state index contributed by atoms with van der Waals surface area (Å²) in [4.78, 5) is 4.44. The predicted molar refractivity (Wildman–Crippen MR) is 74.9 cm³/mol. The largest absolute Gasteiger partial charge is 0.339 e. The molecular formula is C15H21N3O. The van der Waals surface area contributed by atoms with Crippen LogP contribution in [0.1, 0.15) is 55.2 Å². The van der Waals surface area contributed by atoms with Crippen LogP contribution in [0.2, 0.25) is 0 Å². The Morgan fingerprint density at radius 1 is 1.16 bits per heavy atom. The summed E-state index contributed by atoms with van der Waals surface area (Å²) < 4.78 is 5.31. The lowest BCUT2D eigenvalue weighted by atomic mass is 9.95. The molecule has 19 heavy (non-hydrogen) atoms. The fourth-order valence-corrected chi connectivity index (χ4v) is 2.11. The fourth-order valence-electron chi connectivity index (χ4n) is 2.11. The third kappa shape index (κ3) is 2.68. The number of hydrogen-bond donors (Lipinski definition) is 1. The lowest BCUT2D eigenvalue weighted by Crippen LogP contribution is -2.17. The molecular weight excluding hydrogens is 238 g/mol. The van der Waals surface area contributed by atoms with E-state index in [1.807, 2.05) is 52.8 Å². The maximum atomic E-state index is 6.29. The van der Waals surface area contributed by atoms with Crippen molar-refractivity contribution in [3.63, 3.8) is 0 Å². The van der Waals surface area contributed by atoms with Crippen LogP contribution in [0.3, 0.4) is 0 Å². The molecule has 102 valence electrons. The summed E-state index contributed by atoms with van der Waals surface area (Å²) in [7, 11) is 0. The van der Waals surface area contributed by atoms with Gasteiger partial charge in [0.05, 0.1) is 6.04 Å². The first-order valence-corrected chi connectivity index (χ1v) is 6.46. The van der Waals surface area contributed by atoms with Crippen LogP contribution in [0.5, 0.6) is 0 Å². The van der Waals surface area contributed by atoms with Gasteiger partial charge >= 0.3 is 0 Å². The predicted octanol–water partition coefficient (Wildman–Crippen LogP) is 3.03. The number of hydrogen-bond acceptors (Lipinski definition) is 4. The van der Waals surface area contributed by atoms with Gasteiger partial charge < -0.3 is 10.3 Å². The Bertz CT molecular complexity index is 561. The normalized spacial score (nSPS) is 13.6. The molecule has 0 saturated carbocycles. The van der Waals surface area contributed by atoms with E-state index >= 15 is 0 Å². The summed E-state index contributed by atoms with van der Waals surface area (Å²) in [6.45, 7) is 10.2. The number of nitrogens with zero attached hydrogens (tertiary/aromatic N) is 2. The Kier molecular flexibility index (Phi) is 3.45. The highest BCUT2D eigenvalue weighted by atomic mass is 16.5. The van der Waals surface area contributed by atoms with Gasteiger partial charge in [-0.05, 0) is 30.5 Å². The van der Waals surface area contributed by atoms with E-state index in [1.54, 1.807) is 0 Å². The molecule has 1 aromatic carbocycles. The zero-order valence-electron chi connectivity index (χ0n) is 12.2. The van der Waals surface area contributed by atoms with E-state index in [1.165, 1.54) is 0 Å². The van der Waals surface area contributed by atoms with Crippen LogP contribution in [0.25, 0.3) is 0 Å². The topological polar surface area (TPSA) is 64.9 Å². The second-order valence-corrected chi connectivity index (χ2v) is 5.99. The van der Waals surface area contributed by atoms with Crippen LogP contribution >= 0.6 is 0 Å². The highest BCUT2D eigenvalue weighted by Gasteiger charge is 2.25. The van der Waals surface area contributed by atoms with Crippen LogP contribution in [0.4, 0.5) is 0 Å². The number of aryl methyl sites for hydroxylation is 2. The van der Waals surface area contributed by atoms with Crippen molar-refractivity contribution in [2.75, 3.05) is 0 Å². The average Bonchev–Trinajstić information content (AvgIpc) is 2.77. The van der Waals surface area contributed by atoms with Crippen molar-refractivity contribution in [1.29, 1.82) is 0 Å². The summed E-state index contributed by atoms with van der Waals surface area (Å²) in [6, 6.07) is 5.78. The van der Waals surface area contributed by atoms with E-state index in [9.17, 15) is 0 Å². The van der Waals surface area contributed by atoms with Crippen molar-refractivity contribution in [3.05, 3.63) is 46.6 Å². The highest BCUT2D eigenvalue weighted by molar-refractivity contribution is 5.38. The van der Waals surface area contributed by atoms with E-state index in [0.29, 0.717) is 11.7 Å². The molecule has 0 aliphatic heterocycles. The zero-order valence-corrected chi connectivity index (χ0v) is 12.2. The molecule has 0 radical (unpaired) electrons. The SMILES string of the molecule is Cc1cccc(C)c1C(N)c1noc(C(C)(C)C)n1.